The van der Waals surface area contributed by atoms with Crippen LogP contribution in [0.2, 0.25) is 0 Å². The SMILES string of the molecule is Cc1ccc(C(=O)NCC(O)c2cc3ccccc3s2)c(C)n1. The molecule has 0 saturated heterocycles. The molecular weight excluding hydrogens is 308 g/mol. The van der Waals surface area contributed by atoms with E-state index in [0.29, 0.717) is 11.3 Å². The Morgan fingerprint density at radius 2 is 2.04 bits per heavy atom. The summed E-state index contributed by atoms with van der Waals surface area (Å²) in [7, 11) is 0. The highest BCUT2D eigenvalue weighted by Gasteiger charge is 2.15. The van der Waals surface area contributed by atoms with Gasteiger partial charge < -0.3 is 10.4 Å². The predicted octanol–water partition coefficient (Wildman–Crippen LogP) is 3.38. The molecule has 23 heavy (non-hydrogen) atoms. The molecule has 0 bridgehead atoms. The lowest BCUT2D eigenvalue weighted by Crippen LogP contribution is -2.28. The number of pyridine rings is 1. The van der Waals surface area contributed by atoms with E-state index in [4.69, 9.17) is 0 Å². The molecule has 2 aromatic heterocycles. The first-order valence-electron chi connectivity index (χ1n) is 7.43. The number of aliphatic hydroxyl groups is 1. The van der Waals surface area contributed by atoms with Crippen molar-refractivity contribution in [3.8, 4) is 0 Å². The van der Waals surface area contributed by atoms with E-state index in [9.17, 15) is 9.90 Å². The Hall–Kier alpha value is -2.24. The van der Waals surface area contributed by atoms with Gasteiger partial charge in [0.25, 0.3) is 5.91 Å². The molecule has 2 N–H and O–H groups in total. The van der Waals surface area contributed by atoms with Crippen LogP contribution in [0.1, 0.15) is 32.7 Å². The number of rotatable bonds is 4. The third-order valence-electron chi connectivity index (χ3n) is 3.70. The third kappa shape index (κ3) is 3.41. The summed E-state index contributed by atoms with van der Waals surface area (Å²) in [5, 5.41) is 14.2. The molecule has 0 spiro atoms. The summed E-state index contributed by atoms with van der Waals surface area (Å²) in [5.41, 5.74) is 2.11. The number of amides is 1. The predicted molar refractivity (Wildman–Crippen MR) is 92.8 cm³/mol. The van der Waals surface area contributed by atoms with Gasteiger partial charge in [-0.3, -0.25) is 9.78 Å². The van der Waals surface area contributed by atoms with E-state index in [2.05, 4.69) is 10.3 Å². The standard InChI is InChI=1S/C18H18N2O2S/c1-11-7-8-14(12(2)20-11)18(22)19-10-15(21)17-9-13-5-3-4-6-16(13)23-17/h3-9,15,21H,10H2,1-2H3,(H,19,22). The van der Waals surface area contributed by atoms with Crippen molar-refractivity contribution in [3.63, 3.8) is 0 Å². The molecule has 1 amide bonds. The van der Waals surface area contributed by atoms with E-state index < -0.39 is 6.10 Å². The van der Waals surface area contributed by atoms with Crippen LogP contribution >= 0.6 is 11.3 Å². The highest BCUT2D eigenvalue weighted by Crippen LogP contribution is 2.29. The van der Waals surface area contributed by atoms with Crippen LogP contribution in [0.4, 0.5) is 0 Å². The van der Waals surface area contributed by atoms with Crippen molar-refractivity contribution >= 4 is 27.3 Å². The Morgan fingerprint density at radius 1 is 1.26 bits per heavy atom. The number of fused-ring (bicyclic) bond motifs is 1. The smallest absolute Gasteiger partial charge is 0.253 e. The normalized spacial score (nSPS) is 12.3. The van der Waals surface area contributed by atoms with Crippen LogP contribution in [0.3, 0.4) is 0 Å². The molecule has 1 aromatic carbocycles. The summed E-state index contributed by atoms with van der Waals surface area (Å²) in [6.45, 7) is 3.88. The Kier molecular flexibility index (Phi) is 4.41. The minimum atomic E-state index is -0.713. The number of nitrogens with zero attached hydrogens (tertiary/aromatic N) is 1. The zero-order valence-electron chi connectivity index (χ0n) is 13.0. The molecule has 1 atom stereocenters. The fourth-order valence-electron chi connectivity index (χ4n) is 2.48. The van der Waals surface area contributed by atoms with Gasteiger partial charge in [-0.1, -0.05) is 18.2 Å². The maximum Gasteiger partial charge on any atom is 0.253 e. The first-order chi connectivity index (χ1) is 11.0. The van der Waals surface area contributed by atoms with Crippen molar-refractivity contribution in [2.24, 2.45) is 0 Å². The second kappa shape index (κ2) is 6.48. The number of nitrogens with one attached hydrogen (secondary N) is 1. The second-order valence-corrected chi connectivity index (χ2v) is 6.61. The first kappa shape index (κ1) is 15.6. The maximum absolute atomic E-state index is 12.2. The number of hydrogen-bond donors (Lipinski definition) is 2. The van der Waals surface area contributed by atoms with Crippen LogP contribution in [0.15, 0.2) is 42.5 Å². The lowest BCUT2D eigenvalue weighted by molar-refractivity contribution is 0.0917. The highest BCUT2D eigenvalue weighted by atomic mass is 32.1. The van der Waals surface area contributed by atoms with Crippen molar-refractivity contribution in [1.82, 2.24) is 10.3 Å². The Bertz CT molecular complexity index is 824. The summed E-state index contributed by atoms with van der Waals surface area (Å²) in [4.78, 5) is 17.4. The molecule has 0 aliphatic rings. The van der Waals surface area contributed by atoms with E-state index in [1.807, 2.05) is 50.2 Å². The van der Waals surface area contributed by atoms with Gasteiger partial charge in [0.15, 0.2) is 0 Å². The van der Waals surface area contributed by atoms with E-state index in [0.717, 1.165) is 20.7 Å². The quantitative estimate of drug-likeness (QED) is 0.772. The van der Waals surface area contributed by atoms with Crippen molar-refractivity contribution in [3.05, 3.63) is 64.3 Å². The van der Waals surface area contributed by atoms with E-state index in [-0.39, 0.29) is 12.5 Å². The van der Waals surface area contributed by atoms with E-state index in [1.54, 1.807) is 17.4 Å². The molecular formula is C18H18N2O2S. The number of carbonyl (C=O) groups is 1. The highest BCUT2D eigenvalue weighted by molar-refractivity contribution is 7.19. The number of benzene rings is 1. The molecule has 5 heteroatoms. The van der Waals surface area contributed by atoms with Crippen molar-refractivity contribution in [2.45, 2.75) is 20.0 Å². The van der Waals surface area contributed by atoms with E-state index in [1.165, 1.54) is 0 Å². The zero-order chi connectivity index (χ0) is 16.4. The van der Waals surface area contributed by atoms with Gasteiger partial charge in [-0.2, -0.15) is 0 Å². The molecule has 0 saturated carbocycles. The minimum absolute atomic E-state index is 0.180. The lowest BCUT2D eigenvalue weighted by Gasteiger charge is -2.11. The first-order valence-corrected chi connectivity index (χ1v) is 8.25. The van der Waals surface area contributed by atoms with Crippen molar-refractivity contribution < 1.29 is 9.90 Å². The molecule has 0 fully saturated rings. The second-order valence-electron chi connectivity index (χ2n) is 5.50. The molecule has 1 unspecified atom stereocenters. The number of aliphatic hydroxyl groups excluding tert-OH is 1. The summed E-state index contributed by atoms with van der Waals surface area (Å²) < 4.78 is 1.13. The van der Waals surface area contributed by atoms with Crippen LogP contribution in [0, 0.1) is 13.8 Å². The number of carbonyl (C=O) groups excluding carboxylic acids is 1. The maximum atomic E-state index is 12.2. The van der Waals surface area contributed by atoms with Crippen LogP contribution in [0.25, 0.3) is 10.1 Å². The summed E-state index contributed by atoms with van der Waals surface area (Å²) >= 11 is 1.54. The van der Waals surface area contributed by atoms with Gasteiger partial charge in [-0.15, -0.1) is 11.3 Å². The topological polar surface area (TPSA) is 62.2 Å². The lowest BCUT2D eigenvalue weighted by atomic mass is 10.1. The summed E-state index contributed by atoms with van der Waals surface area (Å²) in [5.74, 6) is -0.213. The molecule has 0 aliphatic heterocycles. The van der Waals surface area contributed by atoms with Crippen LogP contribution < -0.4 is 5.32 Å². The number of aromatic nitrogens is 1. The van der Waals surface area contributed by atoms with Gasteiger partial charge in [0, 0.05) is 21.8 Å². The van der Waals surface area contributed by atoms with Crippen LogP contribution in [-0.4, -0.2) is 22.5 Å². The molecule has 0 aliphatic carbocycles. The van der Waals surface area contributed by atoms with Gasteiger partial charge in [0.05, 0.1) is 11.3 Å². The molecule has 0 radical (unpaired) electrons. The minimum Gasteiger partial charge on any atom is -0.386 e. The Morgan fingerprint density at radius 3 is 2.78 bits per heavy atom. The van der Waals surface area contributed by atoms with Gasteiger partial charge in [-0.05, 0) is 43.5 Å². The number of aryl methyl sites for hydroxylation is 2. The third-order valence-corrected chi connectivity index (χ3v) is 4.92. The molecule has 4 nitrogen and oxygen atoms in total. The van der Waals surface area contributed by atoms with Crippen molar-refractivity contribution in [1.29, 1.82) is 0 Å². The van der Waals surface area contributed by atoms with Gasteiger partial charge >= 0.3 is 0 Å². The van der Waals surface area contributed by atoms with Gasteiger partial charge in [-0.25, -0.2) is 0 Å². The summed E-state index contributed by atoms with van der Waals surface area (Å²) in [6.07, 6.45) is -0.713. The Labute approximate surface area is 138 Å². The average molecular weight is 326 g/mol. The molecule has 3 aromatic rings. The Balaban J connectivity index is 1.68. The largest absolute Gasteiger partial charge is 0.386 e. The molecule has 2 heterocycles. The fourth-order valence-corrected chi connectivity index (χ4v) is 3.53. The van der Waals surface area contributed by atoms with Crippen LogP contribution in [0.5, 0.6) is 0 Å². The monoisotopic (exact) mass is 326 g/mol. The fraction of sp³-hybridized carbons (Fsp3) is 0.222. The molecule has 118 valence electrons. The zero-order valence-corrected chi connectivity index (χ0v) is 13.9. The van der Waals surface area contributed by atoms with Crippen LogP contribution in [-0.2, 0) is 0 Å². The average Bonchev–Trinajstić information content (AvgIpc) is 2.96. The van der Waals surface area contributed by atoms with Gasteiger partial charge in [0.1, 0.15) is 6.10 Å². The summed E-state index contributed by atoms with van der Waals surface area (Å²) in [6, 6.07) is 13.5. The number of hydrogen-bond acceptors (Lipinski definition) is 4. The van der Waals surface area contributed by atoms with E-state index >= 15 is 0 Å². The number of thiophene rings is 1. The van der Waals surface area contributed by atoms with Crippen molar-refractivity contribution in [2.75, 3.05) is 6.54 Å². The molecule has 3 rings (SSSR count). The van der Waals surface area contributed by atoms with Gasteiger partial charge in [0.2, 0.25) is 0 Å².